The van der Waals surface area contributed by atoms with Gasteiger partial charge in [-0.05, 0) is 56.0 Å². The molecule has 3 heterocycles. The van der Waals surface area contributed by atoms with E-state index in [0.717, 1.165) is 12.0 Å². The number of rotatable bonds is 8. The minimum Gasteiger partial charge on any atom is -0.477 e. The molecule has 1 aliphatic heterocycles. The molecule has 1 saturated heterocycles. The smallest absolute Gasteiger partial charge is 0.253 e. The summed E-state index contributed by atoms with van der Waals surface area (Å²) in [4.78, 5) is 22.8. The number of anilines is 1. The zero-order valence-electron chi connectivity index (χ0n) is 20.4. The van der Waals surface area contributed by atoms with Gasteiger partial charge >= 0.3 is 0 Å². The van der Waals surface area contributed by atoms with Crippen molar-refractivity contribution in [1.29, 1.82) is 0 Å². The van der Waals surface area contributed by atoms with E-state index in [0.29, 0.717) is 18.9 Å². The zero-order chi connectivity index (χ0) is 26.1. The summed E-state index contributed by atoms with van der Waals surface area (Å²) >= 11 is 0. The van der Waals surface area contributed by atoms with E-state index in [4.69, 9.17) is 10.5 Å². The molecule has 0 spiro atoms. The summed E-state index contributed by atoms with van der Waals surface area (Å²) in [7, 11) is -4.23. The molecule has 10 heteroatoms. The number of hydrogen-bond donors (Lipinski definition) is 1. The lowest BCUT2D eigenvalue weighted by Crippen LogP contribution is -2.40. The first-order chi connectivity index (χ1) is 17.0. The normalized spacial score (nSPS) is 17.2. The van der Waals surface area contributed by atoms with Crippen LogP contribution in [0.5, 0.6) is 5.88 Å². The van der Waals surface area contributed by atoms with Crippen LogP contribution in [0.4, 0.5) is 10.2 Å². The number of carbonyl (C=O) groups is 1. The van der Waals surface area contributed by atoms with Crippen molar-refractivity contribution in [3.63, 3.8) is 0 Å². The molecule has 0 aliphatic carbocycles. The van der Waals surface area contributed by atoms with Gasteiger partial charge in [-0.15, -0.1) is 0 Å². The number of nitrogens with two attached hydrogens (primary N) is 1. The summed E-state index contributed by atoms with van der Waals surface area (Å²) in [6.07, 6.45) is 2.65. The Morgan fingerprint density at radius 1 is 1.22 bits per heavy atom. The standard InChI is InChI=1S/C26H29FN4O4S/c1-17-15-26(2,3)31(16-17)25-23(24(28)32)20(10-12-29-25)36(33,34)22-9-5-8-21(30-22)35-13-11-18-6-4-7-19(27)14-18/h4-10,12,14,17H,11,13,15-16H2,1-3H3,(H2,28,32). The van der Waals surface area contributed by atoms with Gasteiger partial charge in [0.1, 0.15) is 17.2 Å². The Labute approximate surface area is 210 Å². The monoisotopic (exact) mass is 512 g/mol. The summed E-state index contributed by atoms with van der Waals surface area (Å²) in [5.41, 5.74) is 5.96. The van der Waals surface area contributed by atoms with E-state index >= 15 is 0 Å². The third kappa shape index (κ3) is 5.18. The van der Waals surface area contributed by atoms with Crippen LogP contribution < -0.4 is 15.4 Å². The molecule has 4 rings (SSSR count). The van der Waals surface area contributed by atoms with Crippen molar-refractivity contribution in [3.8, 4) is 5.88 Å². The van der Waals surface area contributed by atoms with E-state index in [1.165, 1.54) is 42.6 Å². The van der Waals surface area contributed by atoms with Crippen LogP contribution in [0.15, 0.2) is 64.6 Å². The number of pyridine rings is 2. The molecule has 2 N–H and O–H groups in total. The Kier molecular flexibility index (Phi) is 6.99. The van der Waals surface area contributed by atoms with E-state index in [2.05, 4.69) is 16.9 Å². The second kappa shape index (κ2) is 9.85. The lowest BCUT2D eigenvalue weighted by atomic mass is 9.97. The minimum atomic E-state index is -4.23. The highest BCUT2D eigenvalue weighted by atomic mass is 32.2. The Morgan fingerprint density at radius 2 is 1.97 bits per heavy atom. The zero-order valence-corrected chi connectivity index (χ0v) is 21.3. The number of ether oxygens (including phenoxy) is 1. The fourth-order valence-corrected chi connectivity index (χ4v) is 6.15. The lowest BCUT2D eigenvalue weighted by Gasteiger charge is -2.33. The fraction of sp³-hybridized carbons (Fsp3) is 0.346. The molecule has 0 bridgehead atoms. The number of halogens is 1. The van der Waals surface area contributed by atoms with Crippen LogP contribution in [-0.2, 0) is 16.3 Å². The van der Waals surface area contributed by atoms with Gasteiger partial charge in [0.15, 0.2) is 5.03 Å². The van der Waals surface area contributed by atoms with Crippen molar-refractivity contribution in [1.82, 2.24) is 9.97 Å². The molecule has 3 aromatic rings. The predicted molar refractivity (Wildman–Crippen MR) is 133 cm³/mol. The number of primary amides is 1. The van der Waals surface area contributed by atoms with Gasteiger partial charge in [0.25, 0.3) is 5.91 Å². The number of aromatic nitrogens is 2. The molecule has 1 amide bonds. The van der Waals surface area contributed by atoms with Crippen molar-refractivity contribution in [2.75, 3.05) is 18.1 Å². The molecule has 1 fully saturated rings. The summed E-state index contributed by atoms with van der Waals surface area (Å²) < 4.78 is 46.3. The molecule has 1 atom stereocenters. The van der Waals surface area contributed by atoms with E-state index in [1.807, 2.05) is 18.7 Å². The predicted octanol–water partition coefficient (Wildman–Crippen LogP) is 3.79. The molecule has 36 heavy (non-hydrogen) atoms. The van der Waals surface area contributed by atoms with Crippen LogP contribution in [0.1, 0.15) is 43.1 Å². The van der Waals surface area contributed by atoms with E-state index in [9.17, 15) is 17.6 Å². The molecule has 190 valence electrons. The Morgan fingerprint density at radius 3 is 2.64 bits per heavy atom. The molecule has 2 aromatic heterocycles. The minimum absolute atomic E-state index is 0.0943. The Balaban J connectivity index is 1.64. The third-order valence-electron chi connectivity index (χ3n) is 6.26. The highest BCUT2D eigenvalue weighted by molar-refractivity contribution is 7.91. The average Bonchev–Trinajstić information content (AvgIpc) is 3.10. The first-order valence-corrected chi connectivity index (χ1v) is 13.1. The molecule has 0 saturated carbocycles. The first-order valence-electron chi connectivity index (χ1n) is 11.6. The van der Waals surface area contributed by atoms with Gasteiger partial charge in [0.2, 0.25) is 15.7 Å². The average molecular weight is 513 g/mol. The van der Waals surface area contributed by atoms with Crippen molar-refractivity contribution in [3.05, 3.63) is 71.7 Å². The van der Waals surface area contributed by atoms with Crippen LogP contribution in [0.2, 0.25) is 0 Å². The number of hydrogen-bond acceptors (Lipinski definition) is 7. The van der Waals surface area contributed by atoms with Crippen molar-refractivity contribution >= 4 is 21.6 Å². The summed E-state index contributed by atoms with van der Waals surface area (Å²) in [6.45, 7) is 6.94. The maximum Gasteiger partial charge on any atom is 0.253 e. The van der Waals surface area contributed by atoms with E-state index in [-0.39, 0.29) is 45.1 Å². The van der Waals surface area contributed by atoms with Gasteiger partial charge in [-0.2, -0.15) is 0 Å². The number of carbonyl (C=O) groups excluding carboxylic acids is 1. The van der Waals surface area contributed by atoms with Gasteiger partial charge in [0, 0.05) is 30.8 Å². The van der Waals surface area contributed by atoms with Crippen LogP contribution >= 0.6 is 0 Å². The molecule has 1 aromatic carbocycles. The van der Waals surface area contributed by atoms with Gasteiger partial charge in [-0.1, -0.05) is 25.1 Å². The number of nitrogens with zero attached hydrogens (tertiary/aromatic N) is 3. The van der Waals surface area contributed by atoms with Crippen LogP contribution in [-0.4, -0.2) is 43.0 Å². The van der Waals surface area contributed by atoms with Crippen LogP contribution in [0.25, 0.3) is 0 Å². The largest absolute Gasteiger partial charge is 0.477 e. The summed E-state index contributed by atoms with van der Waals surface area (Å²) in [5.74, 6) is -0.537. The molecular weight excluding hydrogens is 483 g/mol. The number of amides is 1. The summed E-state index contributed by atoms with van der Waals surface area (Å²) in [5, 5.41) is -0.278. The van der Waals surface area contributed by atoms with E-state index < -0.39 is 15.7 Å². The number of sulfone groups is 1. The molecule has 1 unspecified atom stereocenters. The van der Waals surface area contributed by atoms with Gasteiger partial charge in [-0.3, -0.25) is 4.79 Å². The highest BCUT2D eigenvalue weighted by Gasteiger charge is 2.40. The maximum atomic E-state index is 13.6. The van der Waals surface area contributed by atoms with Gasteiger partial charge in [0.05, 0.1) is 11.5 Å². The summed E-state index contributed by atoms with van der Waals surface area (Å²) in [6, 6.07) is 11.8. The van der Waals surface area contributed by atoms with Crippen molar-refractivity contribution < 1.29 is 22.3 Å². The first kappa shape index (κ1) is 25.6. The lowest BCUT2D eigenvalue weighted by molar-refractivity contribution is 0.0997. The van der Waals surface area contributed by atoms with Crippen molar-refractivity contribution in [2.45, 2.75) is 49.1 Å². The molecule has 8 nitrogen and oxygen atoms in total. The number of benzene rings is 1. The van der Waals surface area contributed by atoms with Gasteiger partial charge < -0.3 is 15.4 Å². The van der Waals surface area contributed by atoms with Gasteiger partial charge in [-0.25, -0.2) is 22.8 Å². The maximum absolute atomic E-state index is 13.6. The van der Waals surface area contributed by atoms with Crippen LogP contribution in [0.3, 0.4) is 0 Å². The quantitative estimate of drug-likeness (QED) is 0.488. The molecular formula is C26H29FN4O4S. The van der Waals surface area contributed by atoms with Crippen LogP contribution in [0, 0.1) is 11.7 Å². The SMILES string of the molecule is CC1CN(c2nccc(S(=O)(=O)c3cccc(OCCc4cccc(F)c4)n3)c2C(N)=O)C(C)(C)C1. The third-order valence-corrected chi connectivity index (χ3v) is 7.96. The fourth-order valence-electron chi connectivity index (χ4n) is 4.76. The second-order valence-corrected chi connectivity index (χ2v) is 11.5. The molecule has 0 radical (unpaired) electrons. The highest BCUT2D eigenvalue weighted by Crippen LogP contribution is 2.39. The molecule has 1 aliphatic rings. The Hall–Kier alpha value is -3.53. The topological polar surface area (TPSA) is 115 Å². The Bertz CT molecular complexity index is 1390. The van der Waals surface area contributed by atoms with E-state index in [1.54, 1.807) is 12.1 Å². The second-order valence-electron chi connectivity index (χ2n) is 9.65. The van der Waals surface area contributed by atoms with Crippen molar-refractivity contribution in [2.24, 2.45) is 11.7 Å².